The van der Waals surface area contributed by atoms with Gasteiger partial charge in [-0.25, -0.2) is 9.97 Å². The summed E-state index contributed by atoms with van der Waals surface area (Å²) < 4.78 is 2.37. The second-order valence-electron chi connectivity index (χ2n) is 11.9. The maximum atomic E-state index is 5.10. The fraction of sp³-hybridized carbons (Fsp3) is 0. The van der Waals surface area contributed by atoms with Gasteiger partial charge in [0.15, 0.2) is 5.82 Å². The first-order valence-corrected chi connectivity index (χ1v) is 15.3. The molecule has 0 atom stereocenters. The van der Waals surface area contributed by atoms with Crippen LogP contribution in [0.25, 0.3) is 93.9 Å². The van der Waals surface area contributed by atoms with Crippen molar-refractivity contribution in [3.05, 3.63) is 152 Å². The lowest BCUT2D eigenvalue weighted by molar-refractivity contribution is 1.18. The summed E-state index contributed by atoms with van der Waals surface area (Å²) in [4.78, 5) is 9.93. The van der Waals surface area contributed by atoms with Gasteiger partial charge in [-0.15, -0.1) is 0 Å². The third kappa shape index (κ3) is 3.58. The Bertz CT molecular complexity index is 2640. The highest BCUT2D eigenvalue weighted by atomic mass is 15.0. The number of hydrogen-bond acceptors (Lipinski definition) is 2. The van der Waals surface area contributed by atoms with E-state index >= 15 is 0 Å². The first kappa shape index (κ1) is 24.4. The molecule has 10 rings (SSSR count). The first-order chi connectivity index (χ1) is 22.3. The molecule has 1 aliphatic rings. The molecule has 0 fully saturated rings. The van der Waals surface area contributed by atoms with Crippen molar-refractivity contribution in [1.82, 2.24) is 14.5 Å². The average molecular weight is 572 g/mol. The second-order valence-corrected chi connectivity index (χ2v) is 11.9. The quantitative estimate of drug-likeness (QED) is 0.211. The molecule has 0 bridgehead atoms. The predicted molar refractivity (Wildman–Crippen MR) is 187 cm³/mol. The molecule has 208 valence electrons. The van der Waals surface area contributed by atoms with Crippen molar-refractivity contribution in [3.8, 4) is 50.6 Å². The van der Waals surface area contributed by atoms with Crippen molar-refractivity contribution < 1.29 is 0 Å². The number of nitrogens with zero attached hydrogens (tertiary/aromatic N) is 3. The molecule has 1 aliphatic carbocycles. The van der Waals surface area contributed by atoms with Gasteiger partial charge in [-0.1, -0.05) is 109 Å². The van der Waals surface area contributed by atoms with E-state index in [-0.39, 0.29) is 0 Å². The minimum Gasteiger partial charge on any atom is -0.309 e. The summed E-state index contributed by atoms with van der Waals surface area (Å²) in [5.74, 6) is 0.753. The summed E-state index contributed by atoms with van der Waals surface area (Å²) >= 11 is 0. The summed E-state index contributed by atoms with van der Waals surface area (Å²) in [5.41, 5.74) is 11.6. The number of benzene rings is 7. The molecule has 7 aromatic carbocycles. The molecule has 3 heteroatoms. The lowest BCUT2D eigenvalue weighted by Crippen LogP contribution is -1.93. The number of fused-ring (bicyclic) bond motifs is 7. The van der Waals surface area contributed by atoms with Crippen molar-refractivity contribution >= 4 is 43.4 Å². The van der Waals surface area contributed by atoms with E-state index in [0.717, 1.165) is 22.6 Å². The first-order valence-electron chi connectivity index (χ1n) is 15.3. The van der Waals surface area contributed by atoms with E-state index in [4.69, 9.17) is 9.97 Å². The largest absolute Gasteiger partial charge is 0.309 e. The van der Waals surface area contributed by atoms with E-state index in [9.17, 15) is 0 Å². The van der Waals surface area contributed by atoms with E-state index in [2.05, 4.69) is 150 Å². The molecule has 2 aromatic heterocycles. The van der Waals surface area contributed by atoms with Gasteiger partial charge < -0.3 is 4.57 Å². The van der Waals surface area contributed by atoms with Crippen LogP contribution < -0.4 is 0 Å². The van der Waals surface area contributed by atoms with Gasteiger partial charge in [-0.2, -0.15) is 0 Å². The van der Waals surface area contributed by atoms with Crippen LogP contribution in [-0.2, 0) is 0 Å². The summed E-state index contributed by atoms with van der Waals surface area (Å²) in [6.45, 7) is 0. The van der Waals surface area contributed by atoms with Gasteiger partial charge in [-0.3, -0.25) is 0 Å². The molecule has 0 spiro atoms. The van der Waals surface area contributed by atoms with E-state index < -0.39 is 0 Å². The minimum atomic E-state index is 0.753. The van der Waals surface area contributed by atoms with E-state index in [1.54, 1.807) is 0 Å². The molecule has 45 heavy (non-hydrogen) atoms. The fourth-order valence-corrected chi connectivity index (χ4v) is 7.26. The number of hydrogen-bond donors (Lipinski definition) is 0. The zero-order valence-corrected chi connectivity index (χ0v) is 24.3. The third-order valence-corrected chi connectivity index (χ3v) is 9.36. The molecule has 0 amide bonds. The lowest BCUT2D eigenvalue weighted by Gasteiger charge is -2.10. The maximum absolute atomic E-state index is 5.10. The Balaban J connectivity index is 1.06. The molecule has 9 aromatic rings. The van der Waals surface area contributed by atoms with Crippen LogP contribution in [0.4, 0.5) is 0 Å². The molecule has 0 saturated carbocycles. The van der Waals surface area contributed by atoms with Crippen LogP contribution in [0.3, 0.4) is 0 Å². The molecule has 2 heterocycles. The molecular formula is C42H25N3. The normalized spacial score (nSPS) is 12.0. The zero-order chi connectivity index (χ0) is 29.5. The Morgan fingerprint density at radius 1 is 0.444 bits per heavy atom. The van der Waals surface area contributed by atoms with Gasteiger partial charge >= 0.3 is 0 Å². The van der Waals surface area contributed by atoms with Gasteiger partial charge in [0.05, 0.1) is 16.7 Å². The summed E-state index contributed by atoms with van der Waals surface area (Å²) in [6.07, 6.45) is 1.99. The molecule has 3 nitrogen and oxygen atoms in total. The Morgan fingerprint density at radius 3 is 2.00 bits per heavy atom. The standard InChI is InChI=1S/C42H25N3/c1-2-10-32(11-3-1)45-38-15-5-4-12-33(38)34-21-20-30(24-39(34)45)28-16-17-29-23-31(19-18-27(29)22-28)42-43-25-37-35-13-6-8-26-9-7-14-36(40(26)35)41(37)44-42/h1-25H. The van der Waals surface area contributed by atoms with Crippen molar-refractivity contribution in [2.75, 3.05) is 0 Å². The van der Waals surface area contributed by atoms with Crippen LogP contribution in [0.15, 0.2) is 152 Å². The Kier molecular flexibility index (Phi) is 5.00. The highest BCUT2D eigenvalue weighted by Gasteiger charge is 2.23. The minimum absolute atomic E-state index is 0.753. The summed E-state index contributed by atoms with van der Waals surface area (Å²) in [7, 11) is 0. The predicted octanol–water partition coefficient (Wildman–Crippen LogP) is 10.9. The number of para-hydroxylation sites is 2. The number of aromatic nitrogens is 3. The Hall–Kier alpha value is -6.06. The summed E-state index contributed by atoms with van der Waals surface area (Å²) in [5, 5.41) is 7.41. The van der Waals surface area contributed by atoms with E-state index in [1.165, 1.54) is 71.3 Å². The average Bonchev–Trinajstić information content (AvgIpc) is 3.61. The highest BCUT2D eigenvalue weighted by molar-refractivity contribution is 6.14. The van der Waals surface area contributed by atoms with Crippen molar-refractivity contribution in [2.45, 2.75) is 0 Å². The zero-order valence-electron chi connectivity index (χ0n) is 24.3. The molecular weight excluding hydrogens is 546 g/mol. The third-order valence-electron chi connectivity index (χ3n) is 9.36. The van der Waals surface area contributed by atoms with Crippen LogP contribution in [0.2, 0.25) is 0 Å². The van der Waals surface area contributed by atoms with E-state index in [1.807, 2.05) is 6.20 Å². The van der Waals surface area contributed by atoms with Gasteiger partial charge in [-0.05, 0) is 74.6 Å². The molecule has 0 unspecified atom stereocenters. The van der Waals surface area contributed by atoms with Crippen molar-refractivity contribution in [1.29, 1.82) is 0 Å². The van der Waals surface area contributed by atoms with Gasteiger partial charge in [0.1, 0.15) is 0 Å². The van der Waals surface area contributed by atoms with Crippen LogP contribution in [0.1, 0.15) is 0 Å². The topological polar surface area (TPSA) is 30.7 Å². The van der Waals surface area contributed by atoms with Gasteiger partial charge in [0, 0.05) is 39.3 Å². The van der Waals surface area contributed by atoms with Gasteiger partial charge in [0.25, 0.3) is 0 Å². The molecule has 0 saturated heterocycles. The molecule has 0 radical (unpaired) electrons. The number of rotatable bonds is 3. The van der Waals surface area contributed by atoms with E-state index in [0.29, 0.717) is 0 Å². The van der Waals surface area contributed by atoms with Crippen LogP contribution in [0.5, 0.6) is 0 Å². The molecule has 0 aliphatic heterocycles. The fourth-order valence-electron chi connectivity index (χ4n) is 7.26. The molecule has 0 N–H and O–H groups in total. The van der Waals surface area contributed by atoms with Crippen LogP contribution in [0, 0.1) is 0 Å². The highest BCUT2D eigenvalue weighted by Crippen LogP contribution is 2.46. The van der Waals surface area contributed by atoms with Crippen molar-refractivity contribution in [2.24, 2.45) is 0 Å². The Morgan fingerprint density at radius 2 is 1.13 bits per heavy atom. The van der Waals surface area contributed by atoms with Crippen LogP contribution in [-0.4, -0.2) is 14.5 Å². The smallest absolute Gasteiger partial charge is 0.159 e. The second kappa shape index (κ2) is 9.22. The summed E-state index contributed by atoms with van der Waals surface area (Å²) in [6, 6.07) is 52.3. The van der Waals surface area contributed by atoms with Gasteiger partial charge in [0.2, 0.25) is 0 Å². The lowest BCUT2D eigenvalue weighted by atomic mass is 9.98. The Labute approximate surface area is 259 Å². The monoisotopic (exact) mass is 571 g/mol. The maximum Gasteiger partial charge on any atom is 0.159 e. The van der Waals surface area contributed by atoms with Crippen molar-refractivity contribution in [3.63, 3.8) is 0 Å². The van der Waals surface area contributed by atoms with Crippen LogP contribution >= 0.6 is 0 Å². The SMILES string of the molecule is c1ccc(-n2c3ccccc3c3ccc(-c4ccc5cc(-c6ncc7c(n6)-c6cccc8cccc-7c68)ccc5c4)cc32)cc1.